The third kappa shape index (κ3) is 1.90. The van der Waals surface area contributed by atoms with Gasteiger partial charge in [0.15, 0.2) is 0 Å². The van der Waals surface area contributed by atoms with Gasteiger partial charge in [-0.2, -0.15) is 0 Å². The molecule has 0 amide bonds. The van der Waals surface area contributed by atoms with Gasteiger partial charge in [0.2, 0.25) is 0 Å². The Balaban J connectivity index is 1.86. The standard InChI is InChI=1S/C11H14N4O2/c16-11(15-3-5-17-6-4-15)13-7-9-1-2-12-8-10(9)14-11/h1-2,7-8,14,16H,3-6H2. The van der Waals surface area contributed by atoms with Gasteiger partial charge in [0.25, 0.3) is 0 Å². The van der Waals surface area contributed by atoms with Crippen molar-refractivity contribution in [3.8, 4) is 0 Å². The van der Waals surface area contributed by atoms with Crippen LogP contribution in [0.3, 0.4) is 0 Å². The number of hydrogen-bond donors (Lipinski definition) is 2. The van der Waals surface area contributed by atoms with Crippen molar-refractivity contribution in [2.24, 2.45) is 4.99 Å². The quantitative estimate of drug-likeness (QED) is 0.708. The molecule has 2 aliphatic heterocycles. The van der Waals surface area contributed by atoms with Gasteiger partial charge >= 0.3 is 5.97 Å². The molecule has 2 N–H and O–H groups in total. The summed E-state index contributed by atoms with van der Waals surface area (Å²) in [5.74, 6) is -1.38. The molecule has 1 aromatic heterocycles. The van der Waals surface area contributed by atoms with Crippen molar-refractivity contribution in [2.75, 3.05) is 31.6 Å². The number of nitrogens with one attached hydrogen (secondary N) is 1. The molecule has 0 spiro atoms. The highest BCUT2D eigenvalue weighted by Crippen LogP contribution is 2.25. The number of ether oxygens (including phenoxy) is 1. The van der Waals surface area contributed by atoms with E-state index in [0.717, 1.165) is 11.3 Å². The zero-order valence-electron chi connectivity index (χ0n) is 9.33. The highest BCUT2D eigenvalue weighted by molar-refractivity contribution is 5.89. The maximum Gasteiger partial charge on any atom is 0.300 e. The summed E-state index contributed by atoms with van der Waals surface area (Å²) in [7, 11) is 0. The molecule has 1 unspecified atom stereocenters. The normalized spacial score (nSPS) is 28.5. The minimum atomic E-state index is -1.38. The van der Waals surface area contributed by atoms with Crippen molar-refractivity contribution in [1.29, 1.82) is 0 Å². The Morgan fingerprint density at radius 2 is 2.24 bits per heavy atom. The van der Waals surface area contributed by atoms with Crippen molar-refractivity contribution >= 4 is 11.9 Å². The summed E-state index contributed by atoms with van der Waals surface area (Å²) in [6, 6.07) is 1.85. The average Bonchev–Trinajstić information content (AvgIpc) is 2.40. The molecule has 1 saturated heterocycles. The van der Waals surface area contributed by atoms with E-state index in [0.29, 0.717) is 26.3 Å². The van der Waals surface area contributed by atoms with Crippen LogP contribution in [-0.2, 0) is 4.74 Å². The summed E-state index contributed by atoms with van der Waals surface area (Å²) < 4.78 is 5.26. The molecule has 0 bridgehead atoms. The zero-order chi connectivity index (χ0) is 11.7. The van der Waals surface area contributed by atoms with Gasteiger partial charge in [-0.3, -0.25) is 4.98 Å². The van der Waals surface area contributed by atoms with Crippen molar-refractivity contribution in [3.05, 3.63) is 24.0 Å². The molecule has 0 saturated carbocycles. The first-order valence-corrected chi connectivity index (χ1v) is 5.60. The van der Waals surface area contributed by atoms with Crippen LogP contribution in [0.4, 0.5) is 5.69 Å². The van der Waals surface area contributed by atoms with Gasteiger partial charge in [-0.15, -0.1) is 0 Å². The van der Waals surface area contributed by atoms with Crippen molar-refractivity contribution in [1.82, 2.24) is 9.88 Å². The third-order valence-electron chi connectivity index (χ3n) is 2.99. The van der Waals surface area contributed by atoms with Gasteiger partial charge < -0.3 is 15.2 Å². The van der Waals surface area contributed by atoms with Crippen LogP contribution in [-0.4, -0.2) is 53.5 Å². The number of anilines is 1. The van der Waals surface area contributed by atoms with Gasteiger partial charge in [-0.05, 0) is 6.07 Å². The lowest BCUT2D eigenvalue weighted by Crippen LogP contribution is -2.58. The van der Waals surface area contributed by atoms with Crippen molar-refractivity contribution in [2.45, 2.75) is 5.97 Å². The predicted molar refractivity (Wildman–Crippen MR) is 62.8 cm³/mol. The van der Waals surface area contributed by atoms with E-state index in [1.54, 1.807) is 18.6 Å². The van der Waals surface area contributed by atoms with E-state index in [1.165, 1.54) is 0 Å². The number of hydrogen-bond acceptors (Lipinski definition) is 6. The number of aromatic nitrogens is 1. The first-order chi connectivity index (χ1) is 8.28. The second kappa shape index (κ2) is 4.06. The Morgan fingerprint density at radius 1 is 1.41 bits per heavy atom. The van der Waals surface area contributed by atoms with Gasteiger partial charge in [-0.1, -0.05) is 0 Å². The second-order valence-corrected chi connectivity index (χ2v) is 4.08. The fourth-order valence-electron chi connectivity index (χ4n) is 2.03. The van der Waals surface area contributed by atoms with Crippen LogP contribution in [0, 0.1) is 0 Å². The molecule has 90 valence electrons. The van der Waals surface area contributed by atoms with Crippen LogP contribution in [0.15, 0.2) is 23.5 Å². The molecule has 3 heterocycles. The lowest BCUT2D eigenvalue weighted by Gasteiger charge is -2.40. The molecule has 1 atom stereocenters. The van der Waals surface area contributed by atoms with E-state index in [-0.39, 0.29) is 0 Å². The Kier molecular flexibility index (Phi) is 2.54. The topological polar surface area (TPSA) is 70.0 Å². The third-order valence-corrected chi connectivity index (χ3v) is 2.99. The lowest BCUT2D eigenvalue weighted by molar-refractivity contribution is -0.116. The molecular weight excluding hydrogens is 220 g/mol. The van der Waals surface area contributed by atoms with Crippen LogP contribution in [0.25, 0.3) is 0 Å². The van der Waals surface area contributed by atoms with E-state index < -0.39 is 5.97 Å². The Bertz CT molecular complexity index is 445. The number of rotatable bonds is 1. The van der Waals surface area contributed by atoms with Gasteiger partial charge in [0, 0.05) is 31.1 Å². The van der Waals surface area contributed by atoms with Gasteiger partial charge in [0.05, 0.1) is 25.1 Å². The molecular formula is C11H14N4O2. The Labute approximate surface area is 98.9 Å². The lowest BCUT2D eigenvalue weighted by atomic mass is 10.2. The minimum absolute atomic E-state index is 0.611. The van der Waals surface area contributed by atoms with Crippen LogP contribution >= 0.6 is 0 Å². The molecule has 0 aromatic carbocycles. The molecule has 6 heteroatoms. The molecule has 1 aromatic rings. The molecule has 6 nitrogen and oxygen atoms in total. The van der Waals surface area contributed by atoms with Crippen molar-refractivity contribution in [3.63, 3.8) is 0 Å². The van der Waals surface area contributed by atoms with E-state index >= 15 is 0 Å². The fourth-order valence-corrected chi connectivity index (χ4v) is 2.03. The number of nitrogens with zero attached hydrogens (tertiary/aromatic N) is 3. The molecule has 0 radical (unpaired) electrons. The summed E-state index contributed by atoms with van der Waals surface area (Å²) >= 11 is 0. The summed E-state index contributed by atoms with van der Waals surface area (Å²) in [6.45, 7) is 2.52. The largest absolute Gasteiger partial charge is 0.379 e. The van der Waals surface area contributed by atoms with Crippen LogP contribution in [0.1, 0.15) is 5.56 Å². The van der Waals surface area contributed by atoms with E-state index in [9.17, 15) is 5.11 Å². The molecule has 2 aliphatic rings. The maximum atomic E-state index is 10.5. The SMILES string of the molecule is OC1(N2CCOCC2)N=Cc2ccncc2N1. The highest BCUT2D eigenvalue weighted by Gasteiger charge is 2.37. The summed E-state index contributed by atoms with van der Waals surface area (Å²) in [5, 5.41) is 13.5. The number of aliphatic imine (C=N–C) groups is 1. The summed E-state index contributed by atoms with van der Waals surface area (Å²) in [4.78, 5) is 10.1. The van der Waals surface area contributed by atoms with Crippen molar-refractivity contribution < 1.29 is 9.84 Å². The monoisotopic (exact) mass is 234 g/mol. The summed E-state index contributed by atoms with van der Waals surface area (Å²) in [6.07, 6.45) is 5.06. The van der Waals surface area contributed by atoms with Gasteiger partial charge in [-0.25, -0.2) is 9.89 Å². The number of morpholine rings is 1. The maximum absolute atomic E-state index is 10.5. The van der Waals surface area contributed by atoms with E-state index in [2.05, 4.69) is 15.3 Å². The average molecular weight is 234 g/mol. The molecule has 0 aliphatic carbocycles. The summed E-state index contributed by atoms with van der Waals surface area (Å²) in [5.41, 5.74) is 1.72. The Morgan fingerprint density at radius 3 is 3.06 bits per heavy atom. The first-order valence-electron chi connectivity index (χ1n) is 5.60. The highest BCUT2D eigenvalue weighted by atomic mass is 16.5. The van der Waals surface area contributed by atoms with E-state index in [1.807, 2.05) is 11.0 Å². The van der Waals surface area contributed by atoms with E-state index in [4.69, 9.17) is 4.74 Å². The number of fused-ring (bicyclic) bond motifs is 1. The minimum Gasteiger partial charge on any atom is -0.379 e. The fraction of sp³-hybridized carbons (Fsp3) is 0.455. The Hall–Kier alpha value is -1.50. The zero-order valence-corrected chi connectivity index (χ0v) is 9.33. The molecule has 3 rings (SSSR count). The van der Waals surface area contributed by atoms with Crippen LogP contribution in [0.2, 0.25) is 0 Å². The number of pyridine rings is 1. The second-order valence-electron chi connectivity index (χ2n) is 4.08. The van der Waals surface area contributed by atoms with Gasteiger partial charge in [0.1, 0.15) is 0 Å². The predicted octanol–water partition coefficient (Wildman–Crippen LogP) is -0.138. The number of aliphatic hydroxyl groups is 1. The van der Waals surface area contributed by atoms with Crippen LogP contribution < -0.4 is 5.32 Å². The van der Waals surface area contributed by atoms with Crippen LogP contribution in [0.5, 0.6) is 0 Å². The molecule has 1 fully saturated rings. The first kappa shape index (κ1) is 10.6. The smallest absolute Gasteiger partial charge is 0.300 e. The molecule has 17 heavy (non-hydrogen) atoms.